The molecule has 1 amide bonds. The minimum atomic E-state index is -0.700. The van der Waals surface area contributed by atoms with Gasteiger partial charge in [-0.3, -0.25) is 9.59 Å². The first-order valence-corrected chi connectivity index (χ1v) is 5.86. The molecule has 2 rings (SSSR count). The van der Waals surface area contributed by atoms with Gasteiger partial charge in [-0.2, -0.15) is 5.10 Å². The lowest BCUT2D eigenvalue weighted by Crippen LogP contribution is -2.33. The van der Waals surface area contributed by atoms with Crippen molar-refractivity contribution in [1.82, 2.24) is 14.8 Å². The number of carbonyl (C=O) groups is 1. The first-order valence-electron chi connectivity index (χ1n) is 5.86. The molecular weight excluding hydrogens is 244 g/mol. The number of nitrogens with zero attached hydrogens (tertiary/aromatic N) is 3. The number of pyridine rings is 1. The molecule has 0 unspecified atom stereocenters. The topological polar surface area (TPSA) is 76.9 Å². The van der Waals surface area contributed by atoms with Crippen molar-refractivity contribution in [3.8, 4) is 0 Å². The molecule has 0 saturated carbocycles. The second-order valence-electron chi connectivity index (χ2n) is 4.14. The molecule has 0 bridgehead atoms. The lowest BCUT2D eigenvalue weighted by molar-refractivity contribution is -0.119. The van der Waals surface area contributed by atoms with Gasteiger partial charge in [0.1, 0.15) is 11.9 Å². The summed E-state index contributed by atoms with van der Waals surface area (Å²) >= 11 is 0. The summed E-state index contributed by atoms with van der Waals surface area (Å²) in [5.74, 6) is 0.110. The van der Waals surface area contributed by atoms with Crippen LogP contribution in [0.15, 0.2) is 41.3 Å². The monoisotopic (exact) mass is 258 g/mol. The molecule has 0 aliphatic heterocycles. The van der Waals surface area contributed by atoms with Gasteiger partial charge in [-0.05, 0) is 32.0 Å². The largest absolute Gasteiger partial charge is 0.309 e. The fraction of sp³-hybridized carbons (Fsp3) is 0.231. The van der Waals surface area contributed by atoms with Crippen molar-refractivity contribution < 1.29 is 4.79 Å². The van der Waals surface area contributed by atoms with Gasteiger partial charge in [0.2, 0.25) is 5.91 Å². The Balaban J connectivity index is 2.20. The van der Waals surface area contributed by atoms with Gasteiger partial charge in [-0.1, -0.05) is 6.07 Å². The number of nitrogens with one attached hydrogen (secondary N) is 1. The molecular formula is C13H14N4O2. The first kappa shape index (κ1) is 12.9. The fourth-order valence-corrected chi connectivity index (χ4v) is 1.58. The Morgan fingerprint density at radius 1 is 1.32 bits per heavy atom. The molecule has 1 N–H and O–H groups in total. The number of anilines is 1. The Labute approximate surface area is 110 Å². The van der Waals surface area contributed by atoms with Crippen LogP contribution in [-0.2, 0) is 4.79 Å². The minimum absolute atomic E-state index is 0.311. The minimum Gasteiger partial charge on any atom is -0.309 e. The van der Waals surface area contributed by atoms with E-state index in [1.165, 1.54) is 6.07 Å². The quantitative estimate of drug-likeness (QED) is 0.895. The highest BCUT2D eigenvalue weighted by Crippen LogP contribution is 2.06. The zero-order valence-electron chi connectivity index (χ0n) is 10.7. The van der Waals surface area contributed by atoms with Crippen LogP contribution in [0.2, 0.25) is 0 Å². The van der Waals surface area contributed by atoms with E-state index in [4.69, 9.17) is 0 Å². The molecule has 0 aliphatic carbocycles. The maximum absolute atomic E-state index is 12.0. The lowest BCUT2D eigenvalue weighted by Gasteiger charge is -2.13. The summed E-state index contributed by atoms with van der Waals surface area (Å²) in [4.78, 5) is 27.7. The number of hydrogen-bond acceptors (Lipinski definition) is 4. The summed E-state index contributed by atoms with van der Waals surface area (Å²) in [7, 11) is 0. The maximum Gasteiger partial charge on any atom is 0.267 e. The highest BCUT2D eigenvalue weighted by Gasteiger charge is 2.17. The zero-order valence-corrected chi connectivity index (χ0v) is 10.7. The summed E-state index contributed by atoms with van der Waals surface area (Å²) in [6.07, 6.45) is 1.58. The van der Waals surface area contributed by atoms with Crippen molar-refractivity contribution in [1.29, 1.82) is 0 Å². The Morgan fingerprint density at radius 2 is 2.11 bits per heavy atom. The van der Waals surface area contributed by atoms with Crippen LogP contribution in [0.5, 0.6) is 0 Å². The van der Waals surface area contributed by atoms with Crippen molar-refractivity contribution in [2.24, 2.45) is 0 Å². The van der Waals surface area contributed by atoms with Gasteiger partial charge in [0, 0.05) is 12.3 Å². The van der Waals surface area contributed by atoms with E-state index in [0.29, 0.717) is 11.5 Å². The third-order valence-electron chi connectivity index (χ3n) is 2.62. The molecule has 6 nitrogen and oxygen atoms in total. The van der Waals surface area contributed by atoms with E-state index < -0.39 is 6.04 Å². The van der Waals surface area contributed by atoms with E-state index in [-0.39, 0.29) is 11.5 Å². The van der Waals surface area contributed by atoms with E-state index in [0.717, 1.165) is 4.68 Å². The average Bonchev–Trinajstić information content (AvgIpc) is 2.42. The first-order chi connectivity index (χ1) is 9.08. The van der Waals surface area contributed by atoms with Gasteiger partial charge >= 0.3 is 0 Å². The normalized spacial score (nSPS) is 11.9. The van der Waals surface area contributed by atoms with Crippen molar-refractivity contribution in [3.63, 3.8) is 0 Å². The predicted octanol–water partition coefficient (Wildman–Crippen LogP) is 1.15. The summed E-state index contributed by atoms with van der Waals surface area (Å²) < 4.78 is 1.16. The summed E-state index contributed by atoms with van der Waals surface area (Å²) in [5, 5.41) is 6.70. The average molecular weight is 258 g/mol. The highest BCUT2D eigenvalue weighted by atomic mass is 16.2. The molecule has 2 aromatic rings. The SMILES string of the molecule is Cc1ccc(=O)n([C@H](C)C(=O)Nc2ccccn2)n1. The zero-order chi connectivity index (χ0) is 13.8. The predicted molar refractivity (Wildman–Crippen MR) is 70.8 cm³/mol. The van der Waals surface area contributed by atoms with Crippen LogP contribution in [0.4, 0.5) is 5.82 Å². The number of carbonyl (C=O) groups excluding carboxylic acids is 1. The van der Waals surface area contributed by atoms with Crippen LogP contribution in [-0.4, -0.2) is 20.7 Å². The summed E-state index contributed by atoms with van der Waals surface area (Å²) in [6.45, 7) is 3.38. The molecule has 0 spiro atoms. The Hall–Kier alpha value is -2.50. The maximum atomic E-state index is 12.0. The van der Waals surface area contributed by atoms with Crippen LogP contribution in [0.25, 0.3) is 0 Å². The summed E-state index contributed by atoms with van der Waals surface area (Å²) in [5.41, 5.74) is 0.367. The molecule has 0 saturated heterocycles. The van der Waals surface area contributed by atoms with E-state index in [1.807, 2.05) is 0 Å². The van der Waals surface area contributed by atoms with E-state index in [1.54, 1.807) is 44.3 Å². The number of aryl methyl sites for hydroxylation is 1. The fourth-order valence-electron chi connectivity index (χ4n) is 1.58. The van der Waals surface area contributed by atoms with Crippen LogP contribution in [0.3, 0.4) is 0 Å². The van der Waals surface area contributed by atoms with Crippen molar-refractivity contribution in [2.45, 2.75) is 19.9 Å². The van der Waals surface area contributed by atoms with Crippen LogP contribution < -0.4 is 10.9 Å². The molecule has 19 heavy (non-hydrogen) atoms. The Kier molecular flexibility index (Phi) is 3.70. The standard InChI is InChI=1S/C13H14N4O2/c1-9-6-7-12(18)17(16-9)10(2)13(19)15-11-5-3-4-8-14-11/h3-8,10H,1-2H3,(H,14,15,19)/t10-/m1/s1. The van der Waals surface area contributed by atoms with Crippen LogP contribution >= 0.6 is 0 Å². The molecule has 98 valence electrons. The summed E-state index contributed by atoms with van der Waals surface area (Å²) in [6, 6.07) is 7.51. The Morgan fingerprint density at radius 3 is 2.79 bits per heavy atom. The van der Waals surface area contributed by atoms with Gasteiger partial charge in [0.05, 0.1) is 5.69 Å². The van der Waals surface area contributed by atoms with E-state index in [2.05, 4.69) is 15.4 Å². The third kappa shape index (κ3) is 3.04. The number of aromatic nitrogens is 3. The second-order valence-corrected chi connectivity index (χ2v) is 4.14. The Bertz CT molecular complexity index is 637. The molecule has 6 heteroatoms. The van der Waals surface area contributed by atoms with Gasteiger partial charge in [0.25, 0.3) is 5.56 Å². The molecule has 2 aromatic heterocycles. The number of hydrogen-bond donors (Lipinski definition) is 1. The van der Waals surface area contributed by atoms with Gasteiger partial charge < -0.3 is 5.32 Å². The third-order valence-corrected chi connectivity index (χ3v) is 2.62. The van der Waals surface area contributed by atoms with Crippen molar-refractivity contribution in [2.75, 3.05) is 5.32 Å². The molecule has 1 atom stereocenters. The lowest BCUT2D eigenvalue weighted by atomic mass is 10.3. The van der Waals surface area contributed by atoms with Crippen LogP contribution in [0, 0.1) is 6.92 Å². The smallest absolute Gasteiger partial charge is 0.267 e. The molecule has 2 heterocycles. The van der Waals surface area contributed by atoms with E-state index >= 15 is 0 Å². The molecule has 0 aromatic carbocycles. The molecule has 0 radical (unpaired) electrons. The van der Waals surface area contributed by atoms with Gasteiger partial charge in [-0.25, -0.2) is 9.67 Å². The van der Waals surface area contributed by atoms with Crippen molar-refractivity contribution >= 4 is 11.7 Å². The van der Waals surface area contributed by atoms with E-state index in [9.17, 15) is 9.59 Å². The molecule has 0 aliphatic rings. The van der Waals surface area contributed by atoms with Gasteiger partial charge in [-0.15, -0.1) is 0 Å². The number of amides is 1. The van der Waals surface area contributed by atoms with Crippen LogP contribution in [0.1, 0.15) is 18.7 Å². The van der Waals surface area contributed by atoms with Crippen molar-refractivity contribution in [3.05, 3.63) is 52.6 Å². The highest BCUT2D eigenvalue weighted by molar-refractivity contribution is 5.92. The van der Waals surface area contributed by atoms with Gasteiger partial charge in [0.15, 0.2) is 0 Å². The number of rotatable bonds is 3. The second kappa shape index (κ2) is 5.43. The molecule has 0 fully saturated rings.